The number of nitrogens with one attached hydrogen (secondary N) is 1. The maximum absolute atomic E-state index is 12.0. The zero-order chi connectivity index (χ0) is 16.4. The molecule has 0 aromatic heterocycles. The number of carbonyl (C=O) groups excluding carboxylic acids is 2. The predicted octanol–water partition coefficient (Wildman–Crippen LogP) is 2.61. The molecule has 0 heterocycles. The number of benzene rings is 1. The first-order valence-electron chi connectivity index (χ1n) is 7.12. The molecule has 0 aliphatic heterocycles. The normalized spacial score (nSPS) is 10.9. The van der Waals surface area contributed by atoms with Crippen molar-refractivity contribution in [2.24, 2.45) is 0 Å². The van der Waals surface area contributed by atoms with Gasteiger partial charge in [0.05, 0.1) is 7.11 Å². The monoisotopic (exact) mass is 302 g/mol. The topological polar surface area (TPSA) is 58.6 Å². The van der Waals surface area contributed by atoms with Crippen LogP contribution >= 0.6 is 0 Å². The van der Waals surface area contributed by atoms with Crippen LogP contribution < -0.4 is 10.1 Å². The summed E-state index contributed by atoms with van der Waals surface area (Å²) in [6.45, 7) is 4.19. The fourth-order valence-corrected chi connectivity index (χ4v) is 1.75. The van der Waals surface area contributed by atoms with Gasteiger partial charge in [-0.2, -0.15) is 0 Å². The maximum atomic E-state index is 12.0. The molecule has 0 unspecified atom stereocenters. The Balaban J connectivity index is 2.58. The van der Waals surface area contributed by atoms with Crippen molar-refractivity contribution in [3.05, 3.63) is 48.6 Å². The molecule has 118 valence electrons. The fourth-order valence-electron chi connectivity index (χ4n) is 1.75. The smallest absolute Gasteiger partial charge is 0.247 e. The summed E-state index contributed by atoms with van der Waals surface area (Å²) >= 11 is 0. The highest BCUT2D eigenvalue weighted by molar-refractivity contribution is 5.96. The van der Waals surface area contributed by atoms with Crippen LogP contribution in [-0.4, -0.2) is 36.9 Å². The molecule has 1 N–H and O–H groups in total. The van der Waals surface area contributed by atoms with E-state index in [1.165, 1.54) is 11.0 Å². The molecule has 0 spiro atoms. The molecule has 0 saturated heterocycles. The van der Waals surface area contributed by atoms with Crippen LogP contribution in [0.25, 0.3) is 0 Å². The van der Waals surface area contributed by atoms with E-state index in [0.29, 0.717) is 12.2 Å². The molecule has 1 aromatic carbocycles. The van der Waals surface area contributed by atoms with Crippen LogP contribution in [0.15, 0.2) is 48.6 Å². The van der Waals surface area contributed by atoms with Gasteiger partial charge in [0.15, 0.2) is 0 Å². The number of allylic oxidation sites excluding steroid dienone is 3. The Bertz CT molecular complexity index is 548. The SMILES string of the molecule is CC=CC=CC(=O)N(CC)CC(=O)Nc1ccc(OC)cc1. The Morgan fingerprint density at radius 2 is 1.91 bits per heavy atom. The van der Waals surface area contributed by atoms with Crippen LogP contribution in [0.2, 0.25) is 0 Å². The van der Waals surface area contributed by atoms with Gasteiger partial charge >= 0.3 is 0 Å². The Kier molecular flexibility index (Phi) is 7.47. The van der Waals surface area contributed by atoms with Gasteiger partial charge in [0.25, 0.3) is 0 Å². The zero-order valence-corrected chi connectivity index (χ0v) is 13.2. The molecule has 0 radical (unpaired) electrons. The summed E-state index contributed by atoms with van der Waals surface area (Å²) in [5.41, 5.74) is 0.666. The molecule has 22 heavy (non-hydrogen) atoms. The first kappa shape index (κ1) is 17.5. The molecule has 0 bridgehead atoms. The zero-order valence-electron chi connectivity index (χ0n) is 13.2. The van der Waals surface area contributed by atoms with Crippen molar-refractivity contribution >= 4 is 17.5 Å². The number of rotatable bonds is 7. The van der Waals surface area contributed by atoms with E-state index in [9.17, 15) is 9.59 Å². The van der Waals surface area contributed by atoms with E-state index in [4.69, 9.17) is 4.74 Å². The summed E-state index contributed by atoms with van der Waals surface area (Å²) in [6.07, 6.45) is 6.70. The molecule has 0 saturated carbocycles. The third-order valence-corrected chi connectivity index (χ3v) is 2.94. The van der Waals surface area contributed by atoms with Crippen molar-refractivity contribution in [2.45, 2.75) is 13.8 Å². The Morgan fingerprint density at radius 3 is 2.45 bits per heavy atom. The van der Waals surface area contributed by atoms with E-state index < -0.39 is 0 Å². The molecule has 2 amide bonds. The molecule has 5 heteroatoms. The molecule has 0 aliphatic rings. The quantitative estimate of drug-likeness (QED) is 0.622. The summed E-state index contributed by atoms with van der Waals surface area (Å²) in [5.74, 6) is 0.294. The van der Waals surface area contributed by atoms with Crippen LogP contribution in [0.1, 0.15) is 13.8 Å². The molecular weight excluding hydrogens is 280 g/mol. The van der Waals surface area contributed by atoms with Crippen LogP contribution in [0, 0.1) is 0 Å². The highest BCUT2D eigenvalue weighted by atomic mass is 16.5. The average Bonchev–Trinajstić information content (AvgIpc) is 2.53. The van der Waals surface area contributed by atoms with Gasteiger partial charge in [0.1, 0.15) is 12.3 Å². The Labute approximate surface area is 131 Å². The minimum atomic E-state index is -0.236. The lowest BCUT2D eigenvalue weighted by atomic mass is 10.3. The van der Waals surface area contributed by atoms with E-state index in [1.807, 2.05) is 19.9 Å². The van der Waals surface area contributed by atoms with Crippen molar-refractivity contribution in [3.8, 4) is 5.75 Å². The lowest BCUT2D eigenvalue weighted by Gasteiger charge is -2.18. The van der Waals surface area contributed by atoms with Crippen molar-refractivity contribution < 1.29 is 14.3 Å². The molecule has 5 nitrogen and oxygen atoms in total. The minimum Gasteiger partial charge on any atom is -0.497 e. The average molecular weight is 302 g/mol. The molecule has 0 atom stereocenters. The van der Waals surface area contributed by atoms with Gasteiger partial charge in [-0.1, -0.05) is 18.2 Å². The first-order valence-corrected chi connectivity index (χ1v) is 7.12. The number of amides is 2. The van der Waals surface area contributed by atoms with Gasteiger partial charge < -0.3 is 15.0 Å². The molecule has 1 aromatic rings. The number of ether oxygens (including phenoxy) is 1. The third kappa shape index (κ3) is 5.83. The first-order chi connectivity index (χ1) is 10.6. The highest BCUT2D eigenvalue weighted by Crippen LogP contribution is 2.14. The number of hydrogen-bond acceptors (Lipinski definition) is 3. The van der Waals surface area contributed by atoms with Gasteiger partial charge in [-0.05, 0) is 38.1 Å². The van der Waals surface area contributed by atoms with Crippen LogP contribution in [0.5, 0.6) is 5.75 Å². The van der Waals surface area contributed by atoms with Crippen molar-refractivity contribution in [1.29, 1.82) is 0 Å². The second-order valence-electron chi connectivity index (χ2n) is 4.51. The minimum absolute atomic E-state index is 0.0154. The number of hydrogen-bond donors (Lipinski definition) is 1. The Hall–Kier alpha value is -2.56. The van der Waals surface area contributed by atoms with Crippen molar-refractivity contribution in [3.63, 3.8) is 0 Å². The van der Waals surface area contributed by atoms with Gasteiger partial charge in [0.2, 0.25) is 11.8 Å². The summed E-state index contributed by atoms with van der Waals surface area (Å²) in [6, 6.07) is 7.03. The number of methoxy groups -OCH3 is 1. The molecule has 0 fully saturated rings. The van der Waals surface area contributed by atoms with E-state index in [-0.39, 0.29) is 18.4 Å². The largest absolute Gasteiger partial charge is 0.497 e. The summed E-state index contributed by atoms with van der Waals surface area (Å²) in [4.78, 5) is 25.4. The predicted molar refractivity (Wildman–Crippen MR) is 87.8 cm³/mol. The number of likely N-dealkylation sites (N-methyl/N-ethyl adjacent to an activating group) is 1. The summed E-state index contributed by atoms with van der Waals surface area (Å²) in [7, 11) is 1.58. The lowest BCUT2D eigenvalue weighted by Crippen LogP contribution is -2.36. The second-order valence-corrected chi connectivity index (χ2v) is 4.51. The van der Waals surface area contributed by atoms with Gasteiger partial charge in [-0.15, -0.1) is 0 Å². The standard InChI is InChI=1S/C17H22N2O3/c1-4-6-7-8-17(21)19(5-2)13-16(20)18-14-9-11-15(22-3)12-10-14/h4,6-12H,5,13H2,1-3H3,(H,18,20). The fraction of sp³-hybridized carbons (Fsp3) is 0.294. The van der Waals surface area contributed by atoms with Crippen LogP contribution in [0.4, 0.5) is 5.69 Å². The summed E-state index contributed by atoms with van der Waals surface area (Å²) in [5, 5.41) is 2.75. The lowest BCUT2D eigenvalue weighted by molar-refractivity contribution is -0.130. The third-order valence-electron chi connectivity index (χ3n) is 2.94. The maximum Gasteiger partial charge on any atom is 0.247 e. The van der Waals surface area contributed by atoms with Gasteiger partial charge in [0, 0.05) is 18.3 Å². The molecular formula is C17H22N2O3. The van der Waals surface area contributed by atoms with Crippen LogP contribution in [-0.2, 0) is 9.59 Å². The number of carbonyl (C=O) groups is 2. The van der Waals surface area contributed by atoms with E-state index in [1.54, 1.807) is 43.5 Å². The van der Waals surface area contributed by atoms with Gasteiger partial charge in [-0.25, -0.2) is 0 Å². The Morgan fingerprint density at radius 1 is 1.23 bits per heavy atom. The number of nitrogens with zero attached hydrogens (tertiary/aromatic N) is 1. The summed E-state index contributed by atoms with van der Waals surface area (Å²) < 4.78 is 5.06. The number of anilines is 1. The van der Waals surface area contributed by atoms with Crippen molar-refractivity contribution in [1.82, 2.24) is 4.90 Å². The highest BCUT2D eigenvalue weighted by Gasteiger charge is 2.13. The second kappa shape index (κ2) is 9.39. The molecule has 0 aliphatic carbocycles. The van der Waals surface area contributed by atoms with E-state index in [2.05, 4.69) is 5.32 Å². The molecule has 1 rings (SSSR count). The van der Waals surface area contributed by atoms with Crippen LogP contribution in [0.3, 0.4) is 0 Å². The van der Waals surface area contributed by atoms with E-state index in [0.717, 1.165) is 5.75 Å². The van der Waals surface area contributed by atoms with E-state index >= 15 is 0 Å². The van der Waals surface area contributed by atoms with Gasteiger partial charge in [-0.3, -0.25) is 9.59 Å². The van der Waals surface area contributed by atoms with Crippen molar-refractivity contribution in [2.75, 3.05) is 25.5 Å².